The van der Waals surface area contributed by atoms with Gasteiger partial charge in [-0.25, -0.2) is 8.42 Å². The molecule has 1 heterocycles. The van der Waals surface area contributed by atoms with Gasteiger partial charge in [-0.3, -0.25) is 0 Å². The molecule has 0 amide bonds. The van der Waals surface area contributed by atoms with E-state index in [1.807, 2.05) is 6.92 Å². The normalized spacial score (nSPS) is 33.1. The van der Waals surface area contributed by atoms with Crippen LogP contribution in [-0.4, -0.2) is 37.1 Å². The minimum atomic E-state index is -3.06. The van der Waals surface area contributed by atoms with E-state index in [4.69, 9.17) is 5.73 Å². The van der Waals surface area contributed by atoms with E-state index in [9.17, 15) is 8.42 Å². The van der Waals surface area contributed by atoms with Crippen molar-refractivity contribution in [2.45, 2.75) is 57.5 Å². The highest BCUT2D eigenvalue weighted by molar-refractivity contribution is 7.89. The highest BCUT2D eigenvalue weighted by Crippen LogP contribution is 2.28. The average Bonchev–Trinajstić information content (AvgIpc) is 2.68. The molecule has 1 saturated carbocycles. The second-order valence-electron chi connectivity index (χ2n) is 5.67. The van der Waals surface area contributed by atoms with Gasteiger partial charge in [-0.15, -0.1) is 0 Å². The fraction of sp³-hybridized carbons (Fsp3) is 1.00. The van der Waals surface area contributed by atoms with Crippen LogP contribution in [-0.2, 0) is 10.0 Å². The maximum atomic E-state index is 12.3. The Balaban J connectivity index is 1.99. The van der Waals surface area contributed by atoms with Crippen LogP contribution in [0.15, 0.2) is 0 Å². The number of sulfonamides is 1. The fourth-order valence-corrected chi connectivity index (χ4v) is 5.31. The molecule has 0 unspecified atom stereocenters. The Morgan fingerprint density at radius 1 is 1.24 bits per heavy atom. The number of piperidine rings is 1. The third-order valence-corrected chi connectivity index (χ3v) is 6.28. The topological polar surface area (TPSA) is 63.4 Å². The van der Waals surface area contributed by atoms with Gasteiger partial charge in [-0.1, -0.05) is 12.8 Å². The van der Waals surface area contributed by atoms with Gasteiger partial charge in [0, 0.05) is 18.6 Å². The lowest BCUT2D eigenvalue weighted by molar-refractivity contribution is 0.246. The van der Waals surface area contributed by atoms with Gasteiger partial charge in [-0.05, 0) is 38.5 Å². The minimum Gasteiger partial charge on any atom is -0.328 e. The van der Waals surface area contributed by atoms with Gasteiger partial charge in [-0.2, -0.15) is 4.31 Å². The van der Waals surface area contributed by atoms with Crippen molar-refractivity contribution in [2.75, 3.05) is 12.3 Å². The molecular formula is C12H24N2O2S. The molecule has 0 aromatic rings. The van der Waals surface area contributed by atoms with Crippen LogP contribution in [0.2, 0.25) is 0 Å². The number of hydrogen-bond acceptors (Lipinski definition) is 3. The van der Waals surface area contributed by atoms with E-state index >= 15 is 0 Å². The van der Waals surface area contributed by atoms with Crippen molar-refractivity contribution in [3.63, 3.8) is 0 Å². The maximum absolute atomic E-state index is 12.3. The molecule has 2 fully saturated rings. The first-order chi connectivity index (χ1) is 7.99. The largest absolute Gasteiger partial charge is 0.328 e. The van der Waals surface area contributed by atoms with E-state index < -0.39 is 10.0 Å². The standard InChI is InChI=1S/C12H24N2O2S/c1-10-8-12(13)6-7-14(10)17(15,16)9-11-4-2-3-5-11/h10-12H,2-9,13H2,1H3/t10-,12-/m1/s1. The molecule has 1 saturated heterocycles. The van der Waals surface area contributed by atoms with Crippen LogP contribution in [0.3, 0.4) is 0 Å². The first-order valence-corrected chi connectivity index (χ1v) is 8.35. The van der Waals surface area contributed by atoms with Crippen LogP contribution in [0.4, 0.5) is 0 Å². The van der Waals surface area contributed by atoms with E-state index in [1.165, 1.54) is 12.8 Å². The van der Waals surface area contributed by atoms with Crippen LogP contribution in [0.5, 0.6) is 0 Å². The molecule has 2 atom stereocenters. The lowest BCUT2D eigenvalue weighted by Crippen LogP contribution is -2.49. The van der Waals surface area contributed by atoms with E-state index in [0.717, 1.165) is 25.7 Å². The summed E-state index contributed by atoms with van der Waals surface area (Å²) < 4.78 is 26.4. The molecule has 2 rings (SSSR count). The summed E-state index contributed by atoms with van der Waals surface area (Å²) in [7, 11) is -3.06. The van der Waals surface area contributed by atoms with Gasteiger partial charge < -0.3 is 5.73 Å². The van der Waals surface area contributed by atoms with Gasteiger partial charge in [0.25, 0.3) is 0 Å². The molecule has 0 radical (unpaired) electrons. The lowest BCUT2D eigenvalue weighted by atomic mass is 10.0. The summed E-state index contributed by atoms with van der Waals surface area (Å²) >= 11 is 0. The van der Waals surface area contributed by atoms with Gasteiger partial charge in [0.15, 0.2) is 0 Å². The predicted molar refractivity (Wildman–Crippen MR) is 69.1 cm³/mol. The summed E-state index contributed by atoms with van der Waals surface area (Å²) in [5, 5.41) is 0. The maximum Gasteiger partial charge on any atom is 0.214 e. The second-order valence-corrected chi connectivity index (χ2v) is 7.64. The summed E-state index contributed by atoms with van der Waals surface area (Å²) in [6.45, 7) is 2.59. The van der Waals surface area contributed by atoms with Crippen molar-refractivity contribution in [3.8, 4) is 0 Å². The molecule has 2 N–H and O–H groups in total. The van der Waals surface area contributed by atoms with Crippen molar-refractivity contribution in [3.05, 3.63) is 0 Å². The van der Waals surface area contributed by atoms with Crippen LogP contribution in [0.25, 0.3) is 0 Å². The van der Waals surface area contributed by atoms with E-state index in [2.05, 4.69) is 0 Å². The highest BCUT2D eigenvalue weighted by atomic mass is 32.2. The Hall–Kier alpha value is -0.130. The van der Waals surface area contributed by atoms with Crippen molar-refractivity contribution >= 4 is 10.0 Å². The summed E-state index contributed by atoms with van der Waals surface area (Å²) in [5.41, 5.74) is 5.87. The van der Waals surface area contributed by atoms with E-state index in [1.54, 1.807) is 4.31 Å². The molecule has 17 heavy (non-hydrogen) atoms. The van der Waals surface area contributed by atoms with Crippen LogP contribution < -0.4 is 5.73 Å². The molecule has 1 aliphatic carbocycles. The third kappa shape index (κ3) is 3.20. The summed E-state index contributed by atoms with van der Waals surface area (Å²) in [4.78, 5) is 0. The lowest BCUT2D eigenvalue weighted by Gasteiger charge is -2.35. The Morgan fingerprint density at radius 3 is 2.47 bits per heavy atom. The summed E-state index contributed by atoms with van der Waals surface area (Å²) in [6, 6.07) is 0.244. The smallest absolute Gasteiger partial charge is 0.214 e. The molecule has 100 valence electrons. The van der Waals surface area contributed by atoms with Crippen molar-refractivity contribution in [1.29, 1.82) is 0 Å². The van der Waals surface area contributed by atoms with Crippen LogP contribution in [0.1, 0.15) is 45.4 Å². The van der Waals surface area contributed by atoms with Crippen molar-refractivity contribution in [1.82, 2.24) is 4.31 Å². The SMILES string of the molecule is C[C@@H]1C[C@H](N)CCN1S(=O)(=O)CC1CCCC1. The Bertz CT molecular complexity index is 350. The fourth-order valence-electron chi connectivity index (χ4n) is 3.17. The van der Waals surface area contributed by atoms with E-state index in [-0.39, 0.29) is 12.1 Å². The van der Waals surface area contributed by atoms with Gasteiger partial charge >= 0.3 is 0 Å². The summed E-state index contributed by atoms with van der Waals surface area (Å²) in [5.74, 6) is 0.745. The van der Waals surface area contributed by atoms with Gasteiger partial charge in [0.2, 0.25) is 10.0 Å². The second kappa shape index (κ2) is 5.24. The number of nitrogens with zero attached hydrogens (tertiary/aromatic N) is 1. The molecule has 0 spiro atoms. The summed E-state index contributed by atoms with van der Waals surface area (Å²) in [6.07, 6.45) is 6.15. The first kappa shape index (κ1) is 13.3. The molecule has 1 aliphatic heterocycles. The van der Waals surface area contributed by atoms with Crippen LogP contribution >= 0.6 is 0 Å². The Kier molecular flexibility index (Phi) is 4.10. The zero-order valence-electron chi connectivity index (χ0n) is 10.6. The molecule has 5 heteroatoms. The molecule has 0 aromatic carbocycles. The van der Waals surface area contributed by atoms with Gasteiger partial charge in [0.1, 0.15) is 0 Å². The average molecular weight is 260 g/mol. The monoisotopic (exact) mass is 260 g/mol. The van der Waals surface area contributed by atoms with E-state index in [0.29, 0.717) is 18.2 Å². The van der Waals surface area contributed by atoms with Crippen LogP contribution in [0, 0.1) is 5.92 Å². The number of rotatable bonds is 3. The molecule has 2 aliphatic rings. The quantitative estimate of drug-likeness (QED) is 0.832. The third-order valence-electron chi connectivity index (χ3n) is 4.13. The minimum absolute atomic E-state index is 0.0742. The zero-order chi connectivity index (χ0) is 12.5. The molecule has 4 nitrogen and oxygen atoms in total. The highest BCUT2D eigenvalue weighted by Gasteiger charge is 2.34. The first-order valence-electron chi connectivity index (χ1n) is 6.74. The zero-order valence-corrected chi connectivity index (χ0v) is 11.5. The Labute approximate surface area is 105 Å². The van der Waals surface area contributed by atoms with Crippen molar-refractivity contribution in [2.24, 2.45) is 11.7 Å². The predicted octanol–water partition coefficient (Wildman–Crippen LogP) is 1.32. The van der Waals surface area contributed by atoms with Crippen molar-refractivity contribution < 1.29 is 8.42 Å². The molecule has 0 aromatic heterocycles. The Morgan fingerprint density at radius 2 is 1.88 bits per heavy atom. The molecular weight excluding hydrogens is 236 g/mol. The number of nitrogens with two attached hydrogens (primary N) is 1. The molecule has 0 bridgehead atoms. The number of hydrogen-bond donors (Lipinski definition) is 1. The van der Waals surface area contributed by atoms with Gasteiger partial charge in [0.05, 0.1) is 5.75 Å².